The number of aromatic nitrogens is 1. The van der Waals surface area contributed by atoms with E-state index in [-0.39, 0.29) is 71.6 Å². The van der Waals surface area contributed by atoms with Crippen molar-refractivity contribution in [3.8, 4) is 17.2 Å². The lowest BCUT2D eigenvalue weighted by Gasteiger charge is -2.42. The van der Waals surface area contributed by atoms with Gasteiger partial charge in [0.2, 0.25) is 23.0 Å². The Hall–Kier alpha value is -4.54. The number of hydrogen-bond donors (Lipinski definition) is 3. The van der Waals surface area contributed by atoms with E-state index in [2.05, 4.69) is 5.32 Å². The first-order valence-electron chi connectivity index (χ1n) is 14.1. The maximum Gasteiger partial charge on any atom is 0.250 e. The van der Waals surface area contributed by atoms with Gasteiger partial charge in [0.1, 0.15) is 5.76 Å². The second-order valence-electron chi connectivity index (χ2n) is 11.1. The normalized spacial score (nSPS) is 18.2. The number of ether oxygens (including phenoxy) is 1. The predicted octanol–water partition coefficient (Wildman–Crippen LogP) is 2.59. The molecule has 222 valence electrons. The van der Waals surface area contributed by atoms with Gasteiger partial charge in [-0.15, -0.1) is 0 Å². The standard InChI is InChI=1S/C31H35N3O8/c1-18-11-25(36)30(40)31(42-18)22(20-8-9-24(35)26(13-20)41-2)14-27(37)32-10-4-7-28(38)33-15-19-12-21(17-33)23-5-3-6-29(39)34(23)16-19/h3,5-6,8-9,11,13,19,21-22,35,40H,4,7,10,12,14-17H2,1-2H3,(H,32,37)/t19-,21+,22+/m1/s1. The van der Waals surface area contributed by atoms with Crippen molar-refractivity contribution >= 4 is 11.8 Å². The van der Waals surface area contributed by atoms with Gasteiger partial charge in [-0.3, -0.25) is 19.2 Å². The number of amides is 2. The highest BCUT2D eigenvalue weighted by molar-refractivity contribution is 5.78. The van der Waals surface area contributed by atoms with Gasteiger partial charge >= 0.3 is 0 Å². The van der Waals surface area contributed by atoms with Crippen LogP contribution in [-0.4, -0.2) is 58.2 Å². The van der Waals surface area contributed by atoms with E-state index in [1.165, 1.54) is 25.3 Å². The zero-order valence-electron chi connectivity index (χ0n) is 23.7. The summed E-state index contributed by atoms with van der Waals surface area (Å²) in [6.07, 6.45) is 1.52. The smallest absolute Gasteiger partial charge is 0.250 e. The number of phenolic OH excluding ortho intramolecular Hbond substituents is 1. The van der Waals surface area contributed by atoms with E-state index < -0.39 is 17.1 Å². The molecule has 0 aliphatic carbocycles. The van der Waals surface area contributed by atoms with Gasteiger partial charge in [0.05, 0.1) is 13.0 Å². The minimum atomic E-state index is -0.836. The van der Waals surface area contributed by atoms with Crippen molar-refractivity contribution < 1.29 is 29.0 Å². The molecule has 2 bridgehead atoms. The van der Waals surface area contributed by atoms with Crippen molar-refractivity contribution in [2.24, 2.45) is 5.92 Å². The molecule has 0 saturated carbocycles. The molecule has 3 atom stereocenters. The van der Waals surface area contributed by atoms with Gasteiger partial charge in [-0.1, -0.05) is 12.1 Å². The second kappa shape index (κ2) is 12.1. The number of nitrogens with one attached hydrogen (secondary N) is 1. The Balaban J connectivity index is 1.20. The zero-order chi connectivity index (χ0) is 30.0. The molecule has 1 fully saturated rings. The highest BCUT2D eigenvalue weighted by Gasteiger charge is 2.36. The van der Waals surface area contributed by atoms with Crippen molar-refractivity contribution in [2.45, 2.75) is 51.0 Å². The Morgan fingerprint density at radius 2 is 1.93 bits per heavy atom. The van der Waals surface area contributed by atoms with Crippen LogP contribution in [0.1, 0.15) is 60.3 Å². The first-order chi connectivity index (χ1) is 20.1. The maximum atomic E-state index is 13.0. The molecular weight excluding hydrogens is 542 g/mol. The van der Waals surface area contributed by atoms with Gasteiger partial charge in [-0.2, -0.15) is 0 Å². The molecule has 3 N–H and O–H groups in total. The lowest BCUT2D eigenvalue weighted by molar-refractivity contribution is -0.134. The molecule has 0 unspecified atom stereocenters. The lowest BCUT2D eigenvalue weighted by atomic mass is 9.83. The van der Waals surface area contributed by atoms with Crippen molar-refractivity contribution in [1.82, 2.24) is 14.8 Å². The molecule has 1 saturated heterocycles. The fourth-order valence-corrected chi connectivity index (χ4v) is 6.12. The van der Waals surface area contributed by atoms with Crippen molar-refractivity contribution in [3.05, 3.63) is 85.8 Å². The Morgan fingerprint density at radius 1 is 1.12 bits per heavy atom. The van der Waals surface area contributed by atoms with Crippen LogP contribution in [0.5, 0.6) is 17.2 Å². The first kappa shape index (κ1) is 29.0. The summed E-state index contributed by atoms with van der Waals surface area (Å²) >= 11 is 0. The van der Waals surface area contributed by atoms with Crippen molar-refractivity contribution in [1.29, 1.82) is 0 Å². The molecular formula is C31H35N3O8. The third-order valence-corrected chi connectivity index (χ3v) is 8.11. The third kappa shape index (κ3) is 6.05. The van der Waals surface area contributed by atoms with Crippen LogP contribution in [0.25, 0.3) is 0 Å². The van der Waals surface area contributed by atoms with E-state index in [0.29, 0.717) is 31.6 Å². The number of benzene rings is 1. The van der Waals surface area contributed by atoms with Crippen LogP contribution in [0.3, 0.4) is 0 Å². The van der Waals surface area contributed by atoms with E-state index in [1.54, 1.807) is 25.1 Å². The van der Waals surface area contributed by atoms with Crippen LogP contribution in [0.15, 0.2) is 56.5 Å². The van der Waals surface area contributed by atoms with E-state index in [9.17, 15) is 29.4 Å². The number of carbonyl (C=O) groups excluding carboxylic acids is 2. The van der Waals surface area contributed by atoms with Gasteiger partial charge in [0.25, 0.3) is 5.56 Å². The molecule has 2 aliphatic heterocycles. The number of aromatic hydroxyl groups is 2. The SMILES string of the molecule is COc1cc([C@H](CC(=O)NCCCC(=O)N2C[C@H]3C[C@@H](C2)c2cccc(=O)n2C3)c2oc(C)cc(=O)c2O)ccc1O. The van der Waals surface area contributed by atoms with E-state index >= 15 is 0 Å². The van der Waals surface area contributed by atoms with Crippen molar-refractivity contribution in [2.75, 3.05) is 26.7 Å². The molecule has 2 aliphatic rings. The Bertz CT molecular complexity index is 1610. The van der Waals surface area contributed by atoms with Gasteiger partial charge in [-0.05, 0) is 49.4 Å². The summed E-state index contributed by atoms with van der Waals surface area (Å²) in [6.45, 7) is 3.65. The molecule has 2 amide bonds. The number of pyridine rings is 1. The quantitative estimate of drug-likeness (QED) is 0.328. The molecule has 42 heavy (non-hydrogen) atoms. The van der Waals surface area contributed by atoms with Crippen LogP contribution < -0.4 is 21.0 Å². The lowest BCUT2D eigenvalue weighted by Crippen LogP contribution is -2.49. The Morgan fingerprint density at radius 3 is 2.71 bits per heavy atom. The first-order valence-corrected chi connectivity index (χ1v) is 14.1. The number of nitrogens with zero attached hydrogens (tertiary/aromatic N) is 2. The van der Waals surface area contributed by atoms with E-state index in [4.69, 9.17) is 9.15 Å². The van der Waals surface area contributed by atoms with Gasteiger partial charge in [0.15, 0.2) is 17.3 Å². The number of phenols is 1. The fraction of sp³-hybridized carbons (Fsp3) is 0.419. The maximum absolute atomic E-state index is 13.0. The number of likely N-dealkylation sites (tertiary alicyclic amines) is 1. The van der Waals surface area contributed by atoms with E-state index in [1.807, 2.05) is 15.5 Å². The zero-order valence-corrected chi connectivity index (χ0v) is 23.7. The van der Waals surface area contributed by atoms with Crippen LogP contribution in [0.4, 0.5) is 0 Å². The third-order valence-electron chi connectivity index (χ3n) is 8.11. The van der Waals surface area contributed by atoms with Gasteiger partial charge in [-0.25, -0.2) is 0 Å². The minimum absolute atomic E-state index is 0.00394. The average Bonchev–Trinajstić information content (AvgIpc) is 2.97. The average molecular weight is 578 g/mol. The minimum Gasteiger partial charge on any atom is -0.504 e. The van der Waals surface area contributed by atoms with Crippen LogP contribution >= 0.6 is 0 Å². The summed E-state index contributed by atoms with van der Waals surface area (Å²) in [5, 5.41) is 23.3. The number of piperidine rings is 1. The van der Waals surface area contributed by atoms with Crippen LogP contribution in [-0.2, 0) is 16.1 Å². The Labute approximate surface area is 242 Å². The summed E-state index contributed by atoms with van der Waals surface area (Å²) in [7, 11) is 1.39. The molecule has 11 heteroatoms. The summed E-state index contributed by atoms with van der Waals surface area (Å²) in [6, 6.07) is 11.0. The summed E-state index contributed by atoms with van der Waals surface area (Å²) in [5.41, 5.74) is 0.864. The van der Waals surface area contributed by atoms with Gasteiger partial charge < -0.3 is 34.2 Å². The molecule has 3 aromatic rings. The summed E-state index contributed by atoms with van der Waals surface area (Å²) in [4.78, 5) is 52.5. The molecule has 1 aromatic carbocycles. The number of aryl methyl sites for hydroxylation is 1. The molecule has 2 aromatic heterocycles. The number of methoxy groups -OCH3 is 1. The predicted molar refractivity (Wildman–Crippen MR) is 153 cm³/mol. The molecule has 11 nitrogen and oxygen atoms in total. The van der Waals surface area contributed by atoms with Crippen LogP contribution in [0, 0.1) is 12.8 Å². The highest BCUT2D eigenvalue weighted by atomic mass is 16.5. The number of rotatable bonds is 9. The largest absolute Gasteiger partial charge is 0.504 e. The number of fused-ring (bicyclic) bond motifs is 4. The summed E-state index contributed by atoms with van der Waals surface area (Å²) < 4.78 is 12.7. The number of carbonyl (C=O) groups is 2. The Kier molecular flexibility index (Phi) is 8.37. The fourth-order valence-electron chi connectivity index (χ4n) is 6.12. The molecule has 4 heterocycles. The van der Waals surface area contributed by atoms with Gasteiger partial charge in [0, 0.05) is 62.8 Å². The highest BCUT2D eigenvalue weighted by Crippen LogP contribution is 2.37. The summed E-state index contributed by atoms with van der Waals surface area (Å²) in [5.74, 6) is -1.09. The molecule has 0 spiro atoms. The topological polar surface area (TPSA) is 151 Å². The monoisotopic (exact) mass is 577 g/mol. The molecule has 0 radical (unpaired) electrons. The van der Waals surface area contributed by atoms with Crippen molar-refractivity contribution in [3.63, 3.8) is 0 Å². The van der Waals surface area contributed by atoms with Crippen LogP contribution in [0.2, 0.25) is 0 Å². The van der Waals surface area contributed by atoms with E-state index in [0.717, 1.165) is 12.1 Å². The molecule has 5 rings (SSSR count). The second-order valence-corrected chi connectivity index (χ2v) is 11.1. The number of hydrogen-bond acceptors (Lipinski definition) is 8.